The van der Waals surface area contributed by atoms with E-state index in [0.29, 0.717) is 12.6 Å². The van der Waals surface area contributed by atoms with Gasteiger partial charge in [-0.15, -0.1) is 11.3 Å². The SMILES string of the molecule is Cc1sc(CN)cc1CN1CCOCC1C. The van der Waals surface area contributed by atoms with Crippen molar-refractivity contribution in [3.8, 4) is 0 Å². The highest BCUT2D eigenvalue weighted by Crippen LogP contribution is 2.23. The van der Waals surface area contributed by atoms with Crippen LogP contribution >= 0.6 is 11.3 Å². The van der Waals surface area contributed by atoms with Gasteiger partial charge < -0.3 is 10.5 Å². The van der Waals surface area contributed by atoms with E-state index in [-0.39, 0.29) is 0 Å². The molecule has 0 aromatic carbocycles. The van der Waals surface area contributed by atoms with Crippen LogP contribution in [0.1, 0.15) is 22.2 Å². The predicted molar refractivity (Wildman–Crippen MR) is 67.6 cm³/mol. The summed E-state index contributed by atoms with van der Waals surface area (Å²) in [6, 6.07) is 2.77. The number of ether oxygens (including phenoxy) is 1. The van der Waals surface area contributed by atoms with Gasteiger partial charge in [-0.3, -0.25) is 4.90 Å². The largest absolute Gasteiger partial charge is 0.379 e. The van der Waals surface area contributed by atoms with Crippen molar-refractivity contribution in [2.24, 2.45) is 5.73 Å². The molecule has 4 heteroatoms. The van der Waals surface area contributed by atoms with Crippen LogP contribution in [0.25, 0.3) is 0 Å². The molecule has 0 radical (unpaired) electrons. The van der Waals surface area contributed by atoms with Gasteiger partial charge in [0.25, 0.3) is 0 Å². The maximum atomic E-state index is 5.67. The Kier molecular flexibility index (Phi) is 3.97. The second-order valence-electron chi connectivity index (χ2n) is 4.39. The maximum absolute atomic E-state index is 5.67. The highest BCUT2D eigenvalue weighted by atomic mass is 32.1. The molecule has 3 nitrogen and oxygen atoms in total. The van der Waals surface area contributed by atoms with Gasteiger partial charge in [0.05, 0.1) is 13.2 Å². The van der Waals surface area contributed by atoms with Crippen molar-refractivity contribution in [1.29, 1.82) is 0 Å². The van der Waals surface area contributed by atoms with Gasteiger partial charge in [0.1, 0.15) is 0 Å². The molecule has 1 unspecified atom stereocenters. The summed E-state index contributed by atoms with van der Waals surface area (Å²) in [6.45, 7) is 8.85. The number of hydrogen-bond donors (Lipinski definition) is 1. The van der Waals surface area contributed by atoms with Gasteiger partial charge in [0.2, 0.25) is 0 Å². The Morgan fingerprint density at radius 2 is 2.44 bits per heavy atom. The fraction of sp³-hybridized carbons (Fsp3) is 0.667. The van der Waals surface area contributed by atoms with Crippen molar-refractivity contribution in [1.82, 2.24) is 4.90 Å². The molecule has 90 valence electrons. The molecule has 2 rings (SSSR count). The van der Waals surface area contributed by atoms with Crippen molar-refractivity contribution in [2.45, 2.75) is 33.0 Å². The topological polar surface area (TPSA) is 38.5 Å². The van der Waals surface area contributed by atoms with Crippen molar-refractivity contribution < 1.29 is 4.74 Å². The van der Waals surface area contributed by atoms with Crippen LogP contribution in [0.4, 0.5) is 0 Å². The molecule has 1 aliphatic rings. The number of nitrogens with zero attached hydrogens (tertiary/aromatic N) is 1. The summed E-state index contributed by atoms with van der Waals surface area (Å²) >= 11 is 1.82. The van der Waals surface area contributed by atoms with E-state index >= 15 is 0 Å². The predicted octanol–water partition coefficient (Wildman–Crippen LogP) is 1.74. The first-order valence-corrected chi connectivity index (χ1v) is 6.62. The molecule has 0 amide bonds. The molecule has 2 N–H and O–H groups in total. The second kappa shape index (κ2) is 5.27. The standard InChI is InChI=1S/C12H20N2OS/c1-9-8-15-4-3-14(9)7-11-5-12(6-13)16-10(11)2/h5,9H,3-4,6-8,13H2,1-2H3. The summed E-state index contributed by atoms with van der Waals surface area (Å²) in [6.07, 6.45) is 0. The minimum atomic E-state index is 0.523. The monoisotopic (exact) mass is 240 g/mol. The lowest BCUT2D eigenvalue weighted by Crippen LogP contribution is -2.42. The molecular weight excluding hydrogens is 220 g/mol. The van der Waals surface area contributed by atoms with Crippen LogP contribution < -0.4 is 5.73 Å². The van der Waals surface area contributed by atoms with Gasteiger partial charge in [0, 0.05) is 35.4 Å². The third-order valence-electron chi connectivity index (χ3n) is 3.15. The molecule has 0 saturated carbocycles. The molecule has 0 bridgehead atoms. The van der Waals surface area contributed by atoms with Crippen LogP contribution in [0.3, 0.4) is 0 Å². The van der Waals surface area contributed by atoms with E-state index in [4.69, 9.17) is 10.5 Å². The fourth-order valence-corrected chi connectivity index (χ4v) is 2.99. The number of rotatable bonds is 3. The molecule has 1 atom stereocenters. The summed E-state index contributed by atoms with van der Waals surface area (Å²) in [7, 11) is 0. The zero-order valence-electron chi connectivity index (χ0n) is 10.0. The Bertz CT molecular complexity index is 351. The third kappa shape index (κ3) is 2.63. The molecule has 16 heavy (non-hydrogen) atoms. The van der Waals surface area contributed by atoms with E-state index < -0.39 is 0 Å². The van der Waals surface area contributed by atoms with Gasteiger partial charge in [-0.1, -0.05) is 0 Å². The Labute approximate surface area is 101 Å². The second-order valence-corrected chi connectivity index (χ2v) is 5.73. The van der Waals surface area contributed by atoms with E-state index in [1.54, 1.807) is 0 Å². The Balaban J connectivity index is 2.04. The third-order valence-corrected chi connectivity index (χ3v) is 4.27. The van der Waals surface area contributed by atoms with Crippen LogP contribution in [-0.4, -0.2) is 30.7 Å². The maximum Gasteiger partial charge on any atom is 0.0619 e. The summed E-state index contributed by atoms with van der Waals surface area (Å²) in [4.78, 5) is 5.17. The van der Waals surface area contributed by atoms with Gasteiger partial charge in [-0.2, -0.15) is 0 Å². The van der Waals surface area contributed by atoms with Crippen LogP contribution in [0.2, 0.25) is 0 Å². The summed E-state index contributed by atoms with van der Waals surface area (Å²) in [5.74, 6) is 0. The van der Waals surface area contributed by atoms with Crippen molar-refractivity contribution >= 4 is 11.3 Å². The Morgan fingerprint density at radius 3 is 3.06 bits per heavy atom. The number of hydrogen-bond acceptors (Lipinski definition) is 4. The molecule has 2 heterocycles. The van der Waals surface area contributed by atoms with Crippen molar-refractivity contribution in [3.05, 3.63) is 21.4 Å². The highest BCUT2D eigenvalue weighted by molar-refractivity contribution is 7.12. The van der Waals surface area contributed by atoms with Gasteiger partial charge in [0.15, 0.2) is 0 Å². The molecule has 0 spiro atoms. The van der Waals surface area contributed by atoms with Crippen molar-refractivity contribution in [3.63, 3.8) is 0 Å². The first kappa shape index (κ1) is 12.0. The minimum absolute atomic E-state index is 0.523. The lowest BCUT2D eigenvalue weighted by Gasteiger charge is -2.33. The van der Waals surface area contributed by atoms with E-state index in [2.05, 4.69) is 24.8 Å². The van der Waals surface area contributed by atoms with Gasteiger partial charge in [-0.05, 0) is 25.5 Å². The number of nitrogens with two attached hydrogens (primary N) is 1. The van der Waals surface area contributed by atoms with Gasteiger partial charge >= 0.3 is 0 Å². The van der Waals surface area contributed by atoms with E-state index in [1.807, 2.05) is 11.3 Å². The molecule has 0 aliphatic carbocycles. The Morgan fingerprint density at radius 1 is 1.62 bits per heavy atom. The van der Waals surface area contributed by atoms with E-state index in [9.17, 15) is 0 Å². The quantitative estimate of drug-likeness (QED) is 0.874. The van der Waals surface area contributed by atoms with E-state index in [0.717, 1.165) is 26.3 Å². The first-order chi connectivity index (χ1) is 7.70. The highest BCUT2D eigenvalue weighted by Gasteiger charge is 2.19. The van der Waals surface area contributed by atoms with Gasteiger partial charge in [-0.25, -0.2) is 0 Å². The van der Waals surface area contributed by atoms with Crippen LogP contribution in [0.15, 0.2) is 6.07 Å². The number of thiophene rings is 1. The number of morpholine rings is 1. The zero-order valence-corrected chi connectivity index (χ0v) is 10.8. The molecule has 1 aliphatic heterocycles. The lowest BCUT2D eigenvalue weighted by atomic mass is 10.2. The average Bonchev–Trinajstić information content (AvgIpc) is 2.63. The van der Waals surface area contributed by atoms with E-state index in [1.165, 1.54) is 15.3 Å². The van der Waals surface area contributed by atoms with Crippen LogP contribution in [-0.2, 0) is 17.8 Å². The summed E-state index contributed by atoms with van der Waals surface area (Å²) < 4.78 is 5.45. The van der Waals surface area contributed by atoms with Crippen LogP contribution in [0, 0.1) is 6.92 Å². The summed E-state index contributed by atoms with van der Waals surface area (Å²) in [5.41, 5.74) is 7.10. The molecular formula is C12H20N2OS. The smallest absolute Gasteiger partial charge is 0.0619 e. The van der Waals surface area contributed by atoms with Crippen molar-refractivity contribution in [2.75, 3.05) is 19.8 Å². The average molecular weight is 240 g/mol. The molecule has 1 aromatic heterocycles. The lowest BCUT2D eigenvalue weighted by molar-refractivity contribution is -0.00439. The number of aryl methyl sites for hydroxylation is 1. The van der Waals surface area contributed by atoms with Crippen LogP contribution in [0.5, 0.6) is 0 Å². The molecule has 1 saturated heterocycles. The molecule has 1 fully saturated rings. The first-order valence-electron chi connectivity index (χ1n) is 5.80. The molecule has 1 aromatic rings. The minimum Gasteiger partial charge on any atom is -0.379 e. The Hall–Kier alpha value is -0.420. The zero-order chi connectivity index (χ0) is 11.5. The summed E-state index contributed by atoms with van der Waals surface area (Å²) in [5, 5.41) is 0. The normalized spacial score (nSPS) is 22.6. The fourth-order valence-electron chi connectivity index (χ4n) is 2.06.